The van der Waals surface area contributed by atoms with Gasteiger partial charge in [-0.25, -0.2) is 12.7 Å². The first-order valence-electron chi connectivity index (χ1n) is 6.93. The number of aliphatic imine (C=N–C) groups is 1. The summed E-state index contributed by atoms with van der Waals surface area (Å²) >= 11 is 1.78. The molecule has 0 bridgehead atoms. The summed E-state index contributed by atoms with van der Waals surface area (Å²) in [5.74, 6) is 1.97. The predicted molar refractivity (Wildman–Crippen MR) is 89.1 cm³/mol. The normalized spacial score (nSPS) is 12.8. The van der Waals surface area contributed by atoms with E-state index in [-0.39, 0.29) is 5.75 Å². The molecule has 0 aromatic carbocycles. The van der Waals surface area contributed by atoms with Crippen molar-refractivity contribution in [1.29, 1.82) is 0 Å². The SMILES string of the molecule is CCNC(=NCCCN(C)S(=O)(=O)CC)NCCSC. The molecule has 6 nitrogen and oxygen atoms in total. The maximum absolute atomic E-state index is 11.6. The topological polar surface area (TPSA) is 73.8 Å². The Kier molecular flexibility index (Phi) is 11.0. The van der Waals surface area contributed by atoms with Gasteiger partial charge in [-0.1, -0.05) is 0 Å². The zero-order chi connectivity index (χ0) is 15.4. The highest BCUT2D eigenvalue weighted by Crippen LogP contribution is 1.98. The third-order valence-electron chi connectivity index (χ3n) is 2.68. The third-order valence-corrected chi connectivity index (χ3v) is 5.16. The number of hydrogen-bond acceptors (Lipinski definition) is 4. The summed E-state index contributed by atoms with van der Waals surface area (Å²) in [7, 11) is -1.46. The minimum atomic E-state index is -3.08. The Morgan fingerprint density at radius 2 is 2.00 bits per heavy atom. The van der Waals surface area contributed by atoms with Crippen molar-refractivity contribution >= 4 is 27.7 Å². The van der Waals surface area contributed by atoms with Crippen molar-refractivity contribution < 1.29 is 8.42 Å². The molecule has 0 rings (SSSR count). The van der Waals surface area contributed by atoms with Gasteiger partial charge in [-0.15, -0.1) is 0 Å². The maximum atomic E-state index is 11.6. The van der Waals surface area contributed by atoms with Crippen LogP contribution in [0.2, 0.25) is 0 Å². The number of sulfonamides is 1. The molecule has 0 aromatic rings. The van der Waals surface area contributed by atoms with Gasteiger partial charge in [0.2, 0.25) is 10.0 Å². The van der Waals surface area contributed by atoms with Gasteiger partial charge < -0.3 is 10.6 Å². The van der Waals surface area contributed by atoms with Gasteiger partial charge >= 0.3 is 0 Å². The smallest absolute Gasteiger partial charge is 0.213 e. The summed E-state index contributed by atoms with van der Waals surface area (Å²) in [6.07, 6.45) is 2.78. The van der Waals surface area contributed by atoms with Crippen molar-refractivity contribution in [1.82, 2.24) is 14.9 Å². The van der Waals surface area contributed by atoms with Gasteiger partial charge in [-0.2, -0.15) is 11.8 Å². The molecule has 0 saturated carbocycles. The zero-order valence-electron chi connectivity index (χ0n) is 13.0. The van der Waals surface area contributed by atoms with Crippen molar-refractivity contribution in [3.05, 3.63) is 0 Å². The van der Waals surface area contributed by atoms with E-state index in [0.29, 0.717) is 13.1 Å². The molecule has 0 aromatic heterocycles. The van der Waals surface area contributed by atoms with Crippen LogP contribution in [0.4, 0.5) is 0 Å². The van der Waals surface area contributed by atoms with Gasteiger partial charge in [0.1, 0.15) is 0 Å². The first-order chi connectivity index (χ1) is 9.47. The molecule has 0 aliphatic heterocycles. The molecule has 0 heterocycles. The minimum absolute atomic E-state index is 0.144. The van der Waals surface area contributed by atoms with E-state index in [1.165, 1.54) is 4.31 Å². The second kappa shape index (κ2) is 11.2. The highest BCUT2D eigenvalue weighted by atomic mass is 32.2. The van der Waals surface area contributed by atoms with Crippen molar-refractivity contribution in [3.8, 4) is 0 Å². The van der Waals surface area contributed by atoms with E-state index in [2.05, 4.69) is 21.9 Å². The summed E-state index contributed by atoms with van der Waals surface area (Å²) in [5, 5.41) is 6.41. The van der Waals surface area contributed by atoms with E-state index in [0.717, 1.165) is 31.2 Å². The number of guanidine groups is 1. The second-order valence-electron chi connectivity index (χ2n) is 4.26. The lowest BCUT2D eigenvalue weighted by atomic mass is 10.4. The van der Waals surface area contributed by atoms with Crippen molar-refractivity contribution in [3.63, 3.8) is 0 Å². The van der Waals surface area contributed by atoms with Crippen LogP contribution >= 0.6 is 11.8 Å². The molecule has 0 atom stereocenters. The largest absolute Gasteiger partial charge is 0.357 e. The van der Waals surface area contributed by atoms with Crippen LogP contribution in [-0.2, 0) is 10.0 Å². The second-order valence-corrected chi connectivity index (χ2v) is 7.61. The number of nitrogens with zero attached hydrogens (tertiary/aromatic N) is 2. The van der Waals surface area contributed by atoms with E-state index in [9.17, 15) is 8.42 Å². The Hall–Kier alpha value is -0.470. The van der Waals surface area contributed by atoms with E-state index in [4.69, 9.17) is 0 Å². The van der Waals surface area contributed by atoms with E-state index >= 15 is 0 Å². The van der Waals surface area contributed by atoms with Crippen LogP contribution in [0.5, 0.6) is 0 Å². The molecule has 20 heavy (non-hydrogen) atoms. The van der Waals surface area contributed by atoms with Crippen LogP contribution in [0.3, 0.4) is 0 Å². The third kappa shape index (κ3) is 8.65. The van der Waals surface area contributed by atoms with Crippen LogP contribution in [0, 0.1) is 0 Å². The zero-order valence-corrected chi connectivity index (χ0v) is 14.6. The van der Waals surface area contributed by atoms with Crippen molar-refractivity contribution in [2.75, 3.05) is 51.0 Å². The van der Waals surface area contributed by atoms with Gasteiger partial charge in [-0.3, -0.25) is 4.99 Å². The Morgan fingerprint density at radius 1 is 1.30 bits per heavy atom. The molecule has 0 aliphatic rings. The number of hydrogen-bond donors (Lipinski definition) is 2. The quantitative estimate of drug-likeness (QED) is 0.349. The summed E-state index contributed by atoms with van der Waals surface area (Å²) in [5.41, 5.74) is 0. The first-order valence-corrected chi connectivity index (χ1v) is 9.93. The molecular weight excluding hydrogens is 296 g/mol. The molecule has 0 amide bonds. The molecule has 2 N–H and O–H groups in total. The van der Waals surface area contributed by atoms with Gasteiger partial charge in [0, 0.05) is 39.0 Å². The summed E-state index contributed by atoms with van der Waals surface area (Å²) in [6.45, 7) is 6.48. The fourth-order valence-electron chi connectivity index (χ4n) is 1.46. The van der Waals surface area contributed by atoms with Crippen LogP contribution in [-0.4, -0.2) is 69.7 Å². The fraction of sp³-hybridized carbons (Fsp3) is 0.917. The number of thioether (sulfide) groups is 1. The van der Waals surface area contributed by atoms with Crippen molar-refractivity contribution in [2.24, 2.45) is 4.99 Å². The highest BCUT2D eigenvalue weighted by Gasteiger charge is 2.13. The predicted octanol–water partition coefficient (Wildman–Crippen LogP) is 0.576. The average molecular weight is 325 g/mol. The van der Waals surface area contributed by atoms with Gasteiger partial charge in [0.15, 0.2) is 5.96 Å². The van der Waals surface area contributed by atoms with Gasteiger partial charge in [-0.05, 0) is 26.5 Å². The minimum Gasteiger partial charge on any atom is -0.357 e. The van der Waals surface area contributed by atoms with Gasteiger partial charge in [0.05, 0.1) is 5.75 Å². The Labute approximate surface area is 127 Å². The number of rotatable bonds is 10. The lowest BCUT2D eigenvalue weighted by Gasteiger charge is -2.15. The molecular formula is C12H28N4O2S2. The molecule has 0 unspecified atom stereocenters. The summed E-state index contributed by atoms with van der Waals surface area (Å²) in [6, 6.07) is 0. The molecule has 0 spiro atoms. The van der Waals surface area contributed by atoms with E-state index < -0.39 is 10.0 Å². The molecule has 0 saturated heterocycles. The molecule has 0 aliphatic carbocycles. The highest BCUT2D eigenvalue weighted by molar-refractivity contribution is 7.98. The lowest BCUT2D eigenvalue weighted by Crippen LogP contribution is -2.38. The van der Waals surface area contributed by atoms with E-state index in [1.807, 2.05) is 6.92 Å². The Morgan fingerprint density at radius 3 is 2.55 bits per heavy atom. The monoisotopic (exact) mass is 324 g/mol. The van der Waals surface area contributed by atoms with Crippen LogP contribution < -0.4 is 10.6 Å². The van der Waals surface area contributed by atoms with Crippen LogP contribution in [0.1, 0.15) is 20.3 Å². The molecule has 0 radical (unpaired) electrons. The average Bonchev–Trinajstić information content (AvgIpc) is 2.43. The molecule has 120 valence electrons. The molecule has 0 fully saturated rings. The van der Waals surface area contributed by atoms with E-state index in [1.54, 1.807) is 25.7 Å². The first kappa shape index (κ1) is 19.5. The number of nitrogens with one attached hydrogen (secondary N) is 2. The van der Waals surface area contributed by atoms with Crippen LogP contribution in [0.15, 0.2) is 4.99 Å². The maximum Gasteiger partial charge on any atom is 0.213 e. The fourth-order valence-corrected chi connectivity index (χ4v) is 2.61. The summed E-state index contributed by atoms with van der Waals surface area (Å²) < 4.78 is 24.5. The Bertz CT molecular complexity index is 372. The van der Waals surface area contributed by atoms with Crippen LogP contribution in [0.25, 0.3) is 0 Å². The standard InChI is InChI=1S/C12H28N4O2S2/c1-5-13-12(15-9-11-19-4)14-8-7-10-16(3)20(17,18)6-2/h5-11H2,1-4H3,(H2,13,14,15). The summed E-state index contributed by atoms with van der Waals surface area (Å²) in [4.78, 5) is 4.43. The Balaban J connectivity index is 4.10. The molecule has 8 heteroatoms. The van der Waals surface area contributed by atoms with Gasteiger partial charge in [0.25, 0.3) is 0 Å². The van der Waals surface area contributed by atoms with Crippen molar-refractivity contribution in [2.45, 2.75) is 20.3 Å². The lowest BCUT2D eigenvalue weighted by molar-refractivity contribution is 0.465.